The van der Waals surface area contributed by atoms with Gasteiger partial charge in [-0.3, -0.25) is 14.9 Å². The van der Waals surface area contributed by atoms with Gasteiger partial charge in [-0.1, -0.05) is 55.3 Å². The van der Waals surface area contributed by atoms with Gasteiger partial charge >= 0.3 is 0 Å². The number of carbonyl (C=O) groups is 2. The Bertz CT molecular complexity index is 900. The Morgan fingerprint density at radius 1 is 1.03 bits per heavy atom. The van der Waals surface area contributed by atoms with E-state index in [1.165, 1.54) is 0 Å². The number of ether oxygens (including phenoxy) is 1. The highest BCUT2D eigenvalue weighted by Crippen LogP contribution is 2.27. The first-order chi connectivity index (χ1) is 15.6. The number of carbonyl (C=O) groups excluding carboxylic acids is 2. The monoisotopic (exact) mass is 435 g/mol. The van der Waals surface area contributed by atoms with Crippen molar-refractivity contribution in [1.82, 2.24) is 15.5 Å². The largest absolute Gasteiger partial charge is 0.497 e. The van der Waals surface area contributed by atoms with Gasteiger partial charge in [-0.2, -0.15) is 0 Å². The Hall–Kier alpha value is -2.86. The molecule has 4 rings (SSSR count). The van der Waals surface area contributed by atoms with Crippen molar-refractivity contribution < 1.29 is 14.3 Å². The van der Waals surface area contributed by atoms with Crippen LogP contribution < -0.4 is 15.4 Å². The van der Waals surface area contributed by atoms with Gasteiger partial charge in [-0.15, -0.1) is 0 Å². The Morgan fingerprint density at radius 2 is 1.78 bits per heavy atom. The van der Waals surface area contributed by atoms with E-state index in [1.807, 2.05) is 59.5 Å². The molecular weight excluding hydrogens is 402 g/mol. The van der Waals surface area contributed by atoms with E-state index in [1.54, 1.807) is 7.11 Å². The molecule has 6 heteroatoms. The molecule has 1 aliphatic heterocycles. The van der Waals surface area contributed by atoms with Crippen LogP contribution >= 0.6 is 0 Å². The maximum Gasteiger partial charge on any atom is 0.225 e. The van der Waals surface area contributed by atoms with E-state index in [0.717, 1.165) is 42.6 Å². The second kappa shape index (κ2) is 10.6. The van der Waals surface area contributed by atoms with Crippen molar-refractivity contribution in [2.75, 3.05) is 13.7 Å². The van der Waals surface area contributed by atoms with Gasteiger partial charge < -0.3 is 15.0 Å². The fraction of sp³-hybridized carbons (Fsp3) is 0.462. The molecule has 1 saturated carbocycles. The highest BCUT2D eigenvalue weighted by atomic mass is 16.5. The summed E-state index contributed by atoms with van der Waals surface area (Å²) in [6.45, 7) is 0.953. The molecule has 3 atom stereocenters. The van der Waals surface area contributed by atoms with Crippen LogP contribution in [0.15, 0.2) is 54.6 Å². The van der Waals surface area contributed by atoms with E-state index in [0.29, 0.717) is 25.9 Å². The summed E-state index contributed by atoms with van der Waals surface area (Å²) < 4.78 is 5.25. The Balaban J connectivity index is 1.44. The average Bonchev–Trinajstić information content (AvgIpc) is 2.83. The zero-order valence-electron chi connectivity index (χ0n) is 18.8. The minimum Gasteiger partial charge on any atom is -0.497 e. The maximum absolute atomic E-state index is 13.2. The number of methoxy groups -OCH3 is 1. The number of fused-ring (bicyclic) bond motifs is 1. The molecule has 6 nitrogen and oxygen atoms in total. The van der Waals surface area contributed by atoms with Crippen molar-refractivity contribution in [3.05, 3.63) is 65.7 Å². The first-order valence-corrected chi connectivity index (χ1v) is 11.6. The van der Waals surface area contributed by atoms with Crippen molar-refractivity contribution in [2.24, 2.45) is 5.92 Å². The molecule has 170 valence electrons. The number of nitrogens with zero attached hydrogens (tertiary/aromatic N) is 1. The lowest BCUT2D eigenvalue weighted by Gasteiger charge is -2.41. The number of hydrogen-bond acceptors (Lipinski definition) is 4. The summed E-state index contributed by atoms with van der Waals surface area (Å²) in [5.74, 6) is 1.06. The quantitative estimate of drug-likeness (QED) is 0.668. The molecule has 0 spiro atoms. The van der Waals surface area contributed by atoms with E-state index < -0.39 is 0 Å². The van der Waals surface area contributed by atoms with E-state index >= 15 is 0 Å². The zero-order chi connectivity index (χ0) is 22.3. The molecule has 2 aliphatic rings. The van der Waals surface area contributed by atoms with Crippen LogP contribution in [-0.2, 0) is 22.6 Å². The summed E-state index contributed by atoms with van der Waals surface area (Å²) in [4.78, 5) is 27.8. The van der Waals surface area contributed by atoms with Crippen molar-refractivity contribution in [3.63, 3.8) is 0 Å². The lowest BCUT2D eigenvalue weighted by atomic mass is 9.82. The van der Waals surface area contributed by atoms with Crippen LogP contribution in [0, 0.1) is 5.92 Å². The van der Waals surface area contributed by atoms with Crippen LogP contribution in [0.2, 0.25) is 0 Å². The van der Waals surface area contributed by atoms with Gasteiger partial charge in [0.1, 0.15) is 5.75 Å². The maximum atomic E-state index is 13.2. The number of aryl methyl sites for hydroxylation is 1. The second-order valence-electron chi connectivity index (χ2n) is 8.83. The van der Waals surface area contributed by atoms with Gasteiger partial charge in [-0.05, 0) is 42.5 Å². The van der Waals surface area contributed by atoms with Crippen LogP contribution in [0.4, 0.5) is 0 Å². The lowest BCUT2D eigenvalue weighted by molar-refractivity contribution is -0.136. The first-order valence-electron chi connectivity index (χ1n) is 11.6. The number of hydrogen-bond donors (Lipinski definition) is 2. The van der Waals surface area contributed by atoms with Crippen molar-refractivity contribution in [2.45, 2.75) is 57.3 Å². The molecule has 1 heterocycles. The van der Waals surface area contributed by atoms with Crippen LogP contribution in [-0.4, -0.2) is 42.6 Å². The molecule has 2 fully saturated rings. The third kappa shape index (κ3) is 5.68. The summed E-state index contributed by atoms with van der Waals surface area (Å²) in [5.41, 5.74) is 2.19. The highest BCUT2D eigenvalue weighted by molar-refractivity contribution is 5.81. The second-order valence-corrected chi connectivity index (χ2v) is 8.83. The van der Waals surface area contributed by atoms with E-state index in [4.69, 9.17) is 4.74 Å². The molecule has 2 amide bonds. The lowest BCUT2D eigenvalue weighted by Crippen LogP contribution is -2.65. The van der Waals surface area contributed by atoms with Crippen LogP contribution in [0.3, 0.4) is 0 Å². The number of nitrogens with one attached hydrogen (secondary N) is 2. The summed E-state index contributed by atoms with van der Waals surface area (Å²) in [7, 11) is 1.64. The fourth-order valence-corrected chi connectivity index (χ4v) is 4.80. The first kappa shape index (κ1) is 22.3. The summed E-state index contributed by atoms with van der Waals surface area (Å²) in [6.07, 6.45) is 5.15. The molecule has 2 aromatic carbocycles. The third-order valence-corrected chi connectivity index (χ3v) is 6.59. The fourth-order valence-electron chi connectivity index (χ4n) is 4.80. The molecule has 0 bridgehead atoms. The van der Waals surface area contributed by atoms with Gasteiger partial charge in [0.15, 0.2) is 0 Å². The standard InChI is InChI=1S/C26H33N3O3/c1-32-21-14-11-20(12-15-21)17-29(25(30)16-13-19-7-3-2-4-8-19)18-24-27-23-10-6-5-9-22(23)26(31)28-24/h2-4,7-8,11-12,14-15,22-24,27H,5-6,9-10,13,16-18H2,1H3,(H,28,31). The molecule has 2 N–H and O–H groups in total. The van der Waals surface area contributed by atoms with Gasteiger partial charge in [-0.25, -0.2) is 0 Å². The normalized spacial score (nSPS) is 22.5. The predicted octanol–water partition coefficient (Wildman–Crippen LogP) is 3.26. The number of benzene rings is 2. The van der Waals surface area contributed by atoms with Crippen LogP contribution in [0.1, 0.15) is 43.2 Å². The van der Waals surface area contributed by atoms with Gasteiger partial charge in [0.25, 0.3) is 0 Å². The summed E-state index contributed by atoms with van der Waals surface area (Å²) in [5, 5.41) is 6.72. The zero-order valence-corrected chi connectivity index (χ0v) is 18.8. The topological polar surface area (TPSA) is 70.7 Å². The van der Waals surface area contributed by atoms with Crippen LogP contribution in [0.5, 0.6) is 5.75 Å². The minimum absolute atomic E-state index is 0.0591. The third-order valence-electron chi connectivity index (χ3n) is 6.59. The number of rotatable bonds is 8. The van der Waals surface area contributed by atoms with Crippen molar-refractivity contribution in [3.8, 4) is 5.75 Å². The van der Waals surface area contributed by atoms with E-state index in [-0.39, 0.29) is 29.9 Å². The highest BCUT2D eigenvalue weighted by Gasteiger charge is 2.38. The van der Waals surface area contributed by atoms with Gasteiger partial charge in [0, 0.05) is 19.0 Å². The van der Waals surface area contributed by atoms with Crippen molar-refractivity contribution in [1.29, 1.82) is 0 Å². The van der Waals surface area contributed by atoms with Crippen molar-refractivity contribution >= 4 is 11.8 Å². The molecular formula is C26H33N3O3. The van der Waals surface area contributed by atoms with E-state index in [2.05, 4.69) is 10.6 Å². The molecule has 0 aromatic heterocycles. The molecule has 1 saturated heterocycles. The minimum atomic E-state index is -0.222. The summed E-state index contributed by atoms with van der Waals surface area (Å²) in [6, 6.07) is 18.1. The molecule has 0 radical (unpaired) electrons. The van der Waals surface area contributed by atoms with Gasteiger partial charge in [0.05, 0.1) is 25.7 Å². The smallest absolute Gasteiger partial charge is 0.225 e. The average molecular weight is 436 g/mol. The SMILES string of the molecule is COc1ccc(CN(CC2NC(=O)C3CCCCC3N2)C(=O)CCc2ccccc2)cc1. The van der Waals surface area contributed by atoms with E-state index in [9.17, 15) is 9.59 Å². The molecule has 3 unspecified atom stereocenters. The molecule has 1 aliphatic carbocycles. The Morgan fingerprint density at radius 3 is 2.53 bits per heavy atom. The van der Waals surface area contributed by atoms with Crippen LogP contribution in [0.25, 0.3) is 0 Å². The van der Waals surface area contributed by atoms with Gasteiger partial charge in [0.2, 0.25) is 11.8 Å². The Labute approximate surface area is 190 Å². The molecule has 32 heavy (non-hydrogen) atoms. The molecule has 2 aromatic rings. The Kier molecular flexibility index (Phi) is 7.43. The number of amides is 2. The summed E-state index contributed by atoms with van der Waals surface area (Å²) >= 11 is 0. The predicted molar refractivity (Wildman–Crippen MR) is 124 cm³/mol.